The molecule has 0 fully saturated rings. The van der Waals surface area contributed by atoms with Crippen molar-refractivity contribution in [3.63, 3.8) is 0 Å². The molecule has 0 amide bonds. The van der Waals surface area contributed by atoms with Crippen LogP contribution in [0.15, 0.2) is 40.8 Å². The maximum absolute atomic E-state index is 12.9. The first-order valence-electron chi connectivity index (χ1n) is 7.18. The first-order valence-corrected chi connectivity index (χ1v) is 7.18. The Morgan fingerprint density at radius 2 is 1.80 bits per heavy atom. The van der Waals surface area contributed by atoms with Crippen molar-refractivity contribution in [2.24, 2.45) is 5.92 Å². The lowest BCUT2D eigenvalue weighted by Gasteiger charge is -2.19. The highest BCUT2D eigenvalue weighted by Gasteiger charge is 2.11. The molecule has 1 aromatic heterocycles. The fourth-order valence-corrected chi connectivity index (χ4v) is 2.33. The number of furan rings is 1. The summed E-state index contributed by atoms with van der Waals surface area (Å²) in [6.07, 6.45) is 1.10. The lowest BCUT2D eigenvalue weighted by Crippen LogP contribution is -2.32. The first-order chi connectivity index (χ1) is 9.60. The van der Waals surface area contributed by atoms with Gasteiger partial charge in [0.25, 0.3) is 0 Å². The van der Waals surface area contributed by atoms with Crippen molar-refractivity contribution in [1.82, 2.24) is 5.32 Å². The average molecular weight is 275 g/mol. The van der Waals surface area contributed by atoms with E-state index < -0.39 is 0 Å². The molecule has 0 radical (unpaired) electrons. The average Bonchev–Trinajstić information content (AvgIpc) is 2.89. The molecule has 0 aliphatic heterocycles. The topological polar surface area (TPSA) is 25.2 Å². The molecule has 1 aromatic carbocycles. The van der Waals surface area contributed by atoms with Crippen molar-refractivity contribution in [2.45, 2.75) is 39.8 Å². The second-order valence-corrected chi connectivity index (χ2v) is 5.41. The Morgan fingerprint density at radius 1 is 1.10 bits per heavy atom. The van der Waals surface area contributed by atoms with Gasteiger partial charge in [-0.1, -0.05) is 20.8 Å². The van der Waals surface area contributed by atoms with Gasteiger partial charge in [-0.3, -0.25) is 0 Å². The maximum Gasteiger partial charge on any atom is 0.134 e. The summed E-state index contributed by atoms with van der Waals surface area (Å²) in [5, 5.41) is 3.51. The molecule has 3 heteroatoms. The Kier molecular flexibility index (Phi) is 4.96. The Bertz CT molecular complexity index is 530. The number of nitrogens with one attached hydrogen (secondary N) is 1. The van der Waals surface area contributed by atoms with E-state index in [4.69, 9.17) is 4.42 Å². The van der Waals surface area contributed by atoms with Crippen LogP contribution in [0.25, 0.3) is 11.3 Å². The van der Waals surface area contributed by atoms with Gasteiger partial charge in [0.2, 0.25) is 0 Å². The Labute approximate surface area is 120 Å². The van der Waals surface area contributed by atoms with E-state index in [2.05, 4.69) is 26.1 Å². The van der Waals surface area contributed by atoms with Crippen LogP contribution in [0.1, 0.15) is 33.0 Å². The molecule has 0 spiro atoms. The molecule has 0 saturated carbocycles. The zero-order valence-corrected chi connectivity index (χ0v) is 12.3. The third kappa shape index (κ3) is 3.70. The van der Waals surface area contributed by atoms with Gasteiger partial charge in [0.1, 0.15) is 17.3 Å². The standard InChI is InChI=1S/C17H22FNO/c1-4-16(12(2)3)19-11-15-9-10-17(20-15)13-5-7-14(18)8-6-13/h5-10,12,16,19H,4,11H2,1-3H3. The molecule has 2 nitrogen and oxygen atoms in total. The van der Waals surface area contributed by atoms with Gasteiger partial charge in [0.15, 0.2) is 0 Å². The molecular weight excluding hydrogens is 253 g/mol. The lowest BCUT2D eigenvalue weighted by atomic mass is 10.0. The third-order valence-corrected chi connectivity index (χ3v) is 3.57. The van der Waals surface area contributed by atoms with Gasteiger partial charge in [-0.25, -0.2) is 4.39 Å². The van der Waals surface area contributed by atoms with Gasteiger partial charge < -0.3 is 9.73 Å². The normalized spacial score (nSPS) is 12.8. The minimum Gasteiger partial charge on any atom is -0.460 e. The van der Waals surface area contributed by atoms with Crippen molar-refractivity contribution < 1.29 is 8.81 Å². The SMILES string of the molecule is CCC(NCc1ccc(-c2ccc(F)cc2)o1)C(C)C. The van der Waals surface area contributed by atoms with Gasteiger partial charge >= 0.3 is 0 Å². The molecule has 0 aliphatic carbocycles. The first kappa shape index (κ1) is 14.8. The summed E-state index contributed by atoms with van der Waals surface area (Å²) in [6.45, 7) is 7.34. The minimum atomic E-state index is -0.232. The van der Waals surface area contributed by atoms with E-state index in [0.29, 0.717) is 12.0 Å². The van der Waals surface area contributed by atoms with Crippen LogP contribution in [0.3, 0.4) is 0 Å². The highest BCUT2D eigenvalue weighted by molar-refractivity contribution is 5.57. The van der Waals surface area contributed by atoms with E-state index >= 15 is 0 Å². The molecular formula is C17H22FNO. The molecule has 2 aromatic rings. The highest BCUT2D eigenvalue weighted by Crippen LogP contribution is 2.22. The van der Waals surface area contributed by atoms with Crippen molar-refractivity contribution in [1.29, 1.82) is 0 Å². The number of rotatable bonds is 6. The predicted octanol–water partition coefficient (Wildman–Crippen LogP) is 4.61. The van der Waals surface area contributed by atoms with Gasteiger partial charge in [-0.05, 0) is 48.7 Å². The number of benzene rings is 1. The molecule has 0 aliphatic rings. The van der Waals surface area contributed by atoms with Crippen molar-refractivity contribution in [2.75, 3.05) is 0 Å². The third-order valence-electron chi connectivity index (χ3n) is 3.57. The Balaban J connectivity index is 2.00. The van der Waals surface area contributed by atoms with Crippen LogP contribution < -0.4 is 5.32 Å². The molecule has 1 atom stereocenters. The monoisotopic (exact) mass is 275 g/mol. The van der Waals surface area contributed by atoms with E-state index in [1.807, 2.05) is 12.1 Å². The Morgan fingerprint density at radius 3 is 2.40 bits per heavy atom. The number of hydrogen-bond acceptors (Lipinski definition) is 2. The van der Waals surface area contributed by atoms with Gasteiger partial charge in [-0.2, -0.15) is 0 Å². The van der Waals surface area contributed by atoms with Gasteiger partial charge in [0.05, 0.1) is 6.54 Å². The summed E-state index contributed by atoms with van der Waals surface area (Å²) in [5.74, 6) is 2.05. The van der Waals surface area contributed by atoms with Crippen molar-refractivity contribution >= 4 is 0 Å². The summed E-state index contributed by atoms with van der Waals surface area (Å²) < 4.78 is 18.7. The molecule has 20 heavy (non-hydrogen) atoms. The predicted molar refractivity (Wildman–Crippen MR) is 79.9 cm³/mol. The van der Waals surface area contributed by atoms with E-state index in [1.54, 1.807) is 12.1 Å². The van der Waals surface area contributed by atoms with Crippen LogP contribution in [-0.2, 0) is 6.54 Å². The second kappa shape index (κ2) is 6.71. The smallest absolute Gasteiger partial charge is 0.134 e. The van der Waals surface area contributed by atoms with Gasteiger partial charge in [-0.15, -0.1) is 0 Å². The van der Waals surface area contributed by atoms with Crippen LogP contribution in [0.4, 0.5) is 4.39 Å². The van der Waals surface area contributed by atoms with Crippen LogP contribution in [0.2, 0.25) is 0 Å². The Hall–Kier alpha value is -1.61. The van der Waals surface area contributed by atoms with Gasteiger partial charge in [0, 0.05) is 11.6 Å². The second-order valence-electron chi connectivity index (χ2n) is 5.41. The van der Waals surface area contributed by atoms with Crippen LogP contribution >= 0.6 is 0 Å². The molecule has 0 bridgehead atoms. The zero-order valence-electron chi connectivity index (χ0n) is 12.3. The molecule has 2 rings (SSSR count). The number of halogens is 1. The summed E-state index contributed by atoms with van der Waals surface area (Å²) in [6, 6.07) is 10.8. The molecule has 1 heterocycles. The fourth-order valence-electron chi connectivity index (χ4n) is 2.33. The maximum atomic E-state index is 12.9. The number of hydrogen-bond donors (Lipinski definition) is 1. The van der Waals surface area contributed by atoms with Crippen molar-refractivity contribution in [3.8, 4) is 11.3 Å². The minimum absolute atomic E-state index is 0.232. The fraction of sp³-hybridized carbons (Fsp3) is 0.412. The highest BCUT2D eigenvalue weighted by atomic mass is 19.1. The largest absolute Gasteiger partial charge is 0.460 e. The lowest BCUT2D eigenvalue weighted by molar-refractivity contribution is 0.368. The van der Waals surface area contributed by atoms with E-state index in [0.717, 1.165) is 30.0 Å². The summed E-state index contributed by atoms with van der Waals surface area (Å²) in [5.41, 5.74) is 0.897. The summed E-state index contributed by atoms with van der Waals surface area (Å²) in [7, 11) is 0. The van der Waals surface area contributed by atoms with Crippen LogP contribution in [0, 0.1) is 11.7 Å². The van der Waals surface area contributed by atoms with E-state index in [9.17, 15) is 4.39 Å². The molecule has 0 saturated heterocycles. The van der Waals surface area contributed by atoms with Crippen LogP contribution in [0.5, 0.6) is 0 Å². The molecule has 108 valence electrons. The van der Waals surface area contributed by atoms with E-state index in [-0.39, 0.29) is 5.82 Å². The zero-order chi connectivity index (χ0) is 14.5. The quantitative estimate of drug-likeness (QED) is 0.832. The summed E-state index contributed by atoms with van der Waals surface area (Å²) >= 11 is 0. The molecule has 1 unspecified atom stereocenters. The van der Waals surface area contributed by atoms with Crippen LogP contribution in [-0.4, -0.2) is 6.04 Å². The van der Waals surface area contributed by atoms with E-state index in [1.165, 1.54) is 12.1 Å². The van der Waals surface area contributed by atoms with Crippen molar-refractivity contribution in [3.05, 3.63) is 48.0 Å². The molecule has 1 N–H and O–H groups in total. The summed E-state index contributed by atoms with van der Waals surface area (Å²) in [4.78, 5) is 0.